The molecule has 1 atom stereocenters. The lowest BCUT2D eigenvalue weighted by molar-refractivity contribution is 0.160. The van der Waals surface area contributed by atoms with Crippen LogP contribution in [0.4, 0.5) is 0 Å². The van der Waals surface area contributed by atoms with Gasteiger partial charge in [0.25, 0.3) is 0 Å². The fraction of sp³-hybridized carbons (Fsp3) is 0.385. The Morgan fingerprint density at radius 1 is 1.24 bits per heavy atom. The molecule has 88 valence electrons. The second-order valence-corrected chi connectivity index (χ2v) is 4.28. The van der Waals surface area contributed by atoms with Crippen molar-refractivity contribution in [1.82, 2.24) is 15.3 Å². The Hall–Kier alpha value is -1.68. The van der Waals surface area contributed by atoms with Gasteiger partial charge in [-0.3, -0.25) is 0 Å². The number of para-hydroxylation sites is 2. The van der Waals surface area contributed by atoms with Crippen LogP contribution in [0.15, 0.2) is 30.5 Å². The quantitative estimate of drug-likeness (QED) is 0.852. The maximum Gasteiger partial charge on any atom is 0.233 e. The van der Waals surface area contributed by atoms with Crippen molar-refractivity contribution >= 4 is 11.0 Å². The highest BCUT2D eigenvalue weighted by atomic mass is 16.5. The number of hydrogen-bond donors (Lipinski definition) is 1. The molecule has 0 saturated carbocycles. The highest BCUT2D eigenvalue weighted by Crippen LogP contribution is 2.16. The normalized spacial score (nSPS) is 20.4. The molecule has 1 saturated heterocycles. The van der Waals surface area contributed by atoms with Crippen molar-refractivity contribution in [2.45, 2.75) is 18.9 Å². The Morgan fingerprint density at radius 3 is 2.94 bits per heavy atom. The first-order valence-electron chi connectivity index (χ1n) is 6.01. The van der Waals surface area contributed by atoms with E-state index in [0.29, 0.717) is 5.88 Å². The molecular formula is C13H15N3O. The second-order valence-electron chi connectivity index (χ2n) is 4.28. The first-order valence-corrected chi connectivity index (χ1v) is 6.01. The zero-order valence-electron chi connectivity index (χ0n) is 9.60. The van der Waals surface area contributed by atoms with E-state index in [9.17, 15) is 0 Å². The minimum Gasteiger partial charge on any atom is -0.472 e. The van der Waals surface area contributed by atoms with Crippen LogP contribution in [0.1, 0.15) is 12.8 Å². The van der Waals surface area contributed by atoms with Gasteiger partial charge in [-0.25, -0.2) is 9.97 Å². The Labute approximate surface area is 100 Å². The van der Waals surface area contributed by atoms with Crippen molar-refractivity contribution in [2.24, 2.45) is 0 Å². The number of nitrogens with one attached hydrogen (secondary N) is 1. The van der Waals surface area contributed by atoms with Crippen molar-refractivity contribution in [1.29, 1.82) is 0 Å². The summed E-state index contributed by atoms with van der Waals surface area (Å²) in [6.45, 7) is 1.98. The van der Waals surface area contributed by atoms with E-state index in [1.165, 1.54) is 0 Å². The fourth-order valence-electron chi connectivity index (χ4n) is 2.09. The van der Waals surface area contributed by atoms with Crippen LogP contribution in [0.25, 0.3) is 11.0 Å². The average molecular weight is 229 g/mol. The number of hydrogen-bond acceptors (Lipinski definition) is 4. The van der Waals surface area contributed by atoms with Crippen molar-refractivity contribution in [3.05, 3.63) is 30.5 Å². The molecule has 1 fully saturated rings. The minimum atomic E-state index is 0.221. The Balaban J connectivity index is 1.80. The number of rotatable bonds is 2. The molecule has 4 heteroatoms. The summed E-state index contributed by atoms with van der Waals surface area (Å²) in [5.74, 6) is 0.623. The molecular weight excluding hydrogens is 214 g/mol. The number of fused-ring (bicyclic) bond motifs is 1. The van der Waals surface area contributed by atoms with Gasteiger partial charge < -0.3 is 10.1 Å². The van der Waals surface area contributed by atoms with Crippen LogP contribution in [0.2, 0.25) is 0 Å². The molecule has 0 spiro atoms. The predicted molar refractivity (Wildman–Crippen MR) is 66.1 cm³/mol. The summed E-state index contributed by atoms with van der Waals surface area (Å²) < 4.78 is 5.83. The van der Waals surface area contributed by atoms with Gasteiger partial charge in [0.2, 0.25) is 5.88 Å². The average Bonchev–Trinajstić information content (AvgIpc) is 2.40. The number of ether oxygens (including phenoxy) is 1. The van der Waals surface area contributed by atoms with Crippen LogP contribution < -0.4 is 10.1 Å². The van der Waals surface area contributed by atoms with Gasteiger partial charge >= 0.3 is 0 Å². The molecule has 1 N–H and O–H groups in total. The lowest BCUT2D eigenvalue weighted by atomic mass is 10.1. The predicted octanol–water partition coefficient (Wildman–Crippen LogP) is 1.76. The summed E-state index contributed by atoms with van der Waals surface area (Å²) in [6, 6.07) is 7.83. The number of piperidine rings is 1. The van der Waals surface area contributed by atoms with Crippen LogP contribution >= 0.6 is 0 Å². The molecule has 1 aromatic heterocycles. The molecule has 0 aliphatic carbocycles. The molecule has 0 bridgehead atoms. The zero-order valence-corrected chi connectivity index (χ0v) is 9.60. The summed E-state index contributed by atoms with van der Waals surface area (Å²) in [7, 11) is 0. The molecule has 4 nitrogen and oxygen atoms in total. The third-order valence-electron chi connectivity index (χ3n) is 2.97. The number of aromatic nitrogens is 2. The topological polar surface area (TPSA) is 47.0 Å². The molecule has 1 unspecified atom stereocenters. The van der Waals surface area contributed by atoms with E-state index in [1.807, 2.05) is 24.3 Å². The van der Waals surface area contributed by atoms with E-state index in [2.05, 4.69) is 15.3 Å². The minimum absolute atomic E-state index is 0.221. The van der Waals surface area contributed by atoms with E-state index < -0.39 is 0 Å². The van der Waals surface area contributed by atoms with Gasteiger partial charge in [0.05, 0.1) is 17.2 Å². The summed E-state index contributed by atoms with van der Waals surface area (Å²) in [5, 5.41) is 3.32. The summed E-state index contributed by atoms with van der Waals surface area (Å²) >= 11 is 0. The van der Waals surface area contributed by atoms with Crippen LogP contribution in [-0.2, 0) is 0 Å². The molecule has 2 aromatic rings. The molecule has 0 radical (unpaired) electrons. The third kappa shape index (κ3) is 2.36. The maximum absolute atomic E-state index is 5.83. The number of nitrogens with zero attached hydrogens (tertiary/aromatic N) is 2. The van der Waals surface area contributed by atoms with Crippen LogP contribution in [0, 0.1) is 0 Å². The summed E-state index contributed by atoms with van der Waals surface area (Å²) in [4.78, 5) is 8.80. The number of benzene rings is 1. The van der Waals surface area contributed by atoms with Crippen LogP contribution in [0.5, 0.6) is 5.88 Å². The Bertz CT molecular complexity index is 509. The zero-order chi connectivity index (χ0) is 11.5. The van der Waals surface area contributed by atoms with E-state index in [0.717, 1.165) is 37.0 Å². The second kappa shape index (κ2) is 4.67. The van der Waals surface area contributed by atoms with Gasteiger partial charge in [-0.05, 0) is 31.5 Å². The maximum atomic E-state index is 5.83. The van der Waals surface area contributed by atoms with Gasteiger partial charge in [0.1, 0.15) is 6.10 Å². The monoisotopic (exact) mass is 229 g/mol. The highest BCUT2D eigenvalue weighted by Gasteiger charge is 2.15. The van der Waals surface area contributed by atoms with Gasteiger partial charge in [0.15, 0.2) is 0 Å². The third-order valence-corrected chi connectivity index (χ3v) is 2.97. The standard InChI is InChI=1S/C13H15N3O/c1-2-6-12-11(5-1)15-9-13(16-12)17-10-4-3-7-14-8-10/h1-2,5-6,9-10,14H,3-4,7-8H2. The highest BCUT2D eigenvalue weighted by molar-refractivity contribution is 5.73. The molecule has 2 heterocycles. The van der Waals surface area contributed by atoms with Gasteiger partial charge in [-0.2, -0.15) is 0 Å². The van der Waals surface area contributed by atoms with E-state index in [4.69, 9.17) is 4.74 Å². The Morgan fingerprint density at radius 2 is 2.12 bits per heavy atom. The first-order chi connectivity index (χ1) is 8.42. The van der Waals surface area contributed by atoms with Crippen LogP contribution in [-0.4, -0.2) is 29.2 Å². The van der Waals surface area contributed by atoms with Crippen LogP contribution in [0.3, 0.4) is 0 Å². The smallest absolute Gasteiger partial charge is 0.233 e. The van der Waals surface area contributed by atoms with Gasteiger partial charge in [-0.15, -0.1) is 0 Å². The molecule has 3 rings (SSSR count). The van der Waals surface area contributed by atoms with E-state index >= 15 is 0 Å². The molecule has 17 heavy (non-hydrogen) atoms. The van der Waals surface area contributed by atoms with Crippen molar-refractivity contribution in [3.8, 4) is 5.88 Å². The lowest BCUT2D eigenvalue weighted by Crippen LogP contribution is -2.37. The van der Waals surface area contributed by atoms with Crippen molar-refractivity contribution in [3.63, 3.8) is 0 Å². The van der Waals surface area contributed by atoms with E-state index in [1.54, 1.807) is 6.20 Å². The Kier molecular flexibility index (Phi) is 2.88. The first kappa shape index (κ1) is 10.5. The largest absolute Gasteiger partial charge is 0.472 e. The SMILES string of the molecule is c1ccc2nc(OC3CCCNC3)cnc2c1. The molecule has 0 amide bonds. The van der Waals surface area contributed by atoms with Gasteiger partial charge in [-0.1, -0.05) is 12.1 Å². The lowest BCUT2D eigenvalue weighted by Gasteiger charge is -2.23. The summed E-state index contributed by atoms with van der Waals surface area (Å²) in [6.07, 6.45) is 4.17. The van der Waals surface area contributed by atoms with Crippen molar-refractivity contribution < 1.29 is 4.74 Å². The molecule has 1 aliphatic heterocycles. The molecule has 1 aromatic carbocycles. The van der Waals surface area contributed by atoms with Gasteiger partial charge in [0, 0.05) is 6.54 Å². The fourth-order valence-corrected chi connectivity index (χ4v) is 2.09. The summed E-state index contributed by atoms with van der Waals surface area (Å²) in [5.41, 5.74) is 1.79. The van der Waals surface area contributed by atoms with Crippen molar-refractivity contribution in [2.75, 3.05) is 13.1 Å². The molecule has 1 aliphatic rings. The van der Waals surface area contributed by atoms with E-state index in [-0.39, 0.29) is 6.10 Å².